The first-order valence-corrected chi connectivity index (χ1v) is 8.82. The Kier molecular flexibility index (Phi) is 3.63. The molecule has 2 amide bonds. The molecule has 3 saturated heterocycles. The predicted octanol–water partition coefficient (Wildman–Crippen LogP) is 1.27. The van der Waals surface area contributed by atoms with E-state index < -0.39 is 0 Å². The van der Waals surface area contributed by atoms with Crippen LogP contribution in [-0.4, -0.2) is 60.0 Å². The molecule has 0 unspecified atom stereocenters. The molecule has 1 aliphatic carbocycles. The van der Waals surface area contributed by atoms with Crippen LogP contribution < -0.4 is 0 Å². The lowest BCUT2D eigenvalue weighted by atomic mass is 9.75. The van der Waals surface area contributed by atoms with Gasteiger partial charge < -0.3 is 14.5 Å². The van der Waals surface area contributed by atoms with Crippen molar-refractivity contribution in [2.24, 2.45) is 17.8 Å². The number of hydrogen-bond acceptors (Lipinski definition) is 3. The van der Waals surface area contributed by atoms with Crippen LogP contribution >= 0.6 is 0 Å². The van der Waals surface area contributed by atoms with Crippen molar-refractivity contribution in [3.05, 3.63) is 0 Å². The number of ether oxygens (including phenoxy) is 1. The largest absolute Gasteiger partial charge is 0.372 e. The maximum Gasteiger partial charge on any atom is 0.225 e. The third-order valence-electron chi connectivity index (χ3n) is 5.96. The van der Waals surface area contributed by atoms with Crippen molar-refractivity contribution < 1.29 is 14.3 Å². The smallest absolute Gasteiger partial charge is 0.225 e. The van der Waals surface area contributed by atoms with Gasteiger partial charge in [-0.05, 0) is 31.6 Å². The number of fused-ring (bicyclic) bond motifs is 1. The zero-order chi connectivity index (χ0) is 15.3. The molecule has 3 aliphatic heterocycles. The summed E-state index contributed by atoms with van der Waals surface area (Å²) in [5.74, 6) is 1.99. The molecule has 0 spiro atoms. The van der Waals surface area contributed by atoms with E-state index in [0.717, 1.165) is 51.9 Å². The summed E-state index contributed by atoms with van der Waals surface area (Å²) in [7, 11) is 0. The quantitative estimate of drug-likeness (QED) is 0.789. The van der Waals surface area contributed by atoms with Crippen molar-refractivity contribution in [2.75, 3.05) is 26.2 Å². The van der Waals surface area contributed by atoms with Crippen LogP contribution in [0.1, 0.15) is 39.0 Å². The SMILES string of the molecule is CC1CC(C(=O)N2C[C@@H]3C[C@@H](CC(=O)N4CCC4)O[C@@H]3C2)C1. The summed E-state index contributed by atoms with van der Waals surface area (Å²) in [6.45, 7) is 5.62. The fourth-order valence-electron chi connectivity index (χ4n) is 4.43. The zero-order valence-corrected chi connectivity index (χ0v) is 13.4. The number of carbonyl (C=O) groups excluding carboxylic acids is 2. The summed E-state index contributed by atoms with van der Waals surface area (Å²) in [5.41, 5.74) is 0. The summed E-state index contributed by atoms with van der Waals surface area (Å²) < 4.78 is 6.07. The third-order valence-corrected chi connectivity index (χ3v) is 5.96. The summed E-state index contributed by atoms with van der Waals surface area (Å²) >= 11 is 0. The van der Waals surface area contributed by atoms with Gasteiger partial charge in [-0.3, -0.25) is 9.59 Å². The molecule has 4 rings (SSSR count). The lowest BCUT2D eigenvalue weighted by Gasteiger charge is -2.34. The molecule has 3 atom stereocenters. The molecule has 0 aromatic carbocycles. The first-order valence-electron chi connectivity index (χ1n) is 8.82. The zero-order valence-electron chi connectivity index (χ0n) is 13.4. The molecule has 122 valence electrons. The fourth-order valence-corrected chi connectivity index (χ4v) is 4.43. The Morgan fingerprint density at radius 1 is 1.09 bits per heavy atom. The molecule has 5 heteroatoms. The van der Waals surface area contributed by atoms with Gasteiger partial charge in [0.05, 0.1) is 18.6 Å². The van der Waals surface area contributed by atoms with Crippen LogP contribution in [0.25, 0.3) is 0 Å². The van der Waals surface area contributed by atoms with Gasteiger partial charge in [-0.2, -0.15) is 0 Å². The lowest BCUT2D eigenvalue weighted by molar-refractivity contribution is -0.141. The number of carbonyl (C=O) groups is 2. The highest BCUT2D eigenvalue weighted by Gasteiger charge is 2.46. The second-order valence-electron chi connectivity index (χ2n) is 7.75. The van der Waals surface area contributed by atoms with E-state index >= 15 is 0 Å². The monoisotopic (exact) mass is 306 g/mol. The van der Waals surface area contributed by atoms with E-state index in [4.69, 9.17) is 4.74 Å². The van der Waals surface area contributed by atoms with Gasteiger partial charge in [0.2, 0.25) is 11.8 Å². The minimum atomic E-state index is 0.0732. The Bertz CT molecular complexity index is 457. The number of hydrogen-bond donors (Lipinski definition) is 0. The fraction of sp³-hybridized carbons (Fsp3) is 0.882. The first-order chi connectivity index (χ1) is 10.6. The van der Waals surface area contributed by atoms with E-state index in [0.29, 0.717) is 24.2 Å². The minimum Gasteiger partial charge on any atom is -0.372 e. The van der Waals surface area contributed by atoms with E-state index in [1.807, 2.05) is 9.80 Å². The van der Waals surface area contributed by atoms with Crippen molar-refractivity contribution in [1.82, 2.24) is 9.80 Å². The summed E-state index contributed by atoms with van der Waals surface area (Å²) in [5, 5.41) is 0. The number of rotatable bonds is 3. The first kappa shape index (κ1) is 14.5. The van der Waals surface area contributed by atoms with Crippen LogP contribution in [0.3, 0.4) is 0 Å². The molecule has 0 radical (unpaired) electrons. The molecule has 0 aromatic heterocycles. The highest BCUT2D eigenvalue weighted by Crippen LogP contribution is 2.39. The highest BCUT2D eigenvalue weighted by atomic mass is 16.5. The van der Waals surface area contributed by atoms with Gasteiger partial charge in [0.1, 0.15) is 0 Å². The number of nitrogens with zero attached hydrogens (tertiary/aromatic N) is 2. The molecule has 0 N–H and O–H groups in total. The van der Waals surface area contributed by atoms with Crippen molar-refractivity contribution in [2.45, 2.75) is 51.2 Å². The van der Waals surface area contributed by atoms with Crippen molar-refractivity contribution >= 4 is 11.8 Å². The van der Waals surface area contributed by atoms with E-state index in [9.17, 15) is 9.59 Å². The molecule has 5 nitrogen and oxygen atoms in total. The Morgan fingerprint density at radius 3 is 2.45 bits per heavy atom. The number of amides is 2. The van der Waals surface area contributed by atoms with Crippen LogP contribution in [0.15, 0.2) is 0 Å². The Labute approximate surface area is 132 Å². The lowest BCUT2D eigenvalue weighted by Crippen LogP contribution is -2.43. The summed E-state index contributed by atoms with van der Waals surface area (Å²) in [4.78, 5) is 28.4. The van der Waals surface area contributed by atoms with Gasteiger partial charge in [-0.1, -0.05) is 6.92 Å². The van der Waals surface area contributed by atoms with Crippen molar-refractivity contribution in [3.8, 4) is 0 Å². The van der Waals surface area contributed by atoms with Gasteiger partial charge in [0.15, 0.2) is 0 Å². The maximum atomic E-state index is 12.4. The van der Waals surface area contributed by atoms with Gasteiger partial charge in [0, 0.05) is 38.0 Å². The van der Waals surface area contributed by atoms with Crippen LogP contribution in [0.5, 0.6) is 0 Å². The van der Waals surface area contributed by atoms with Gasteiger partial charge in [-0.15, -0.1) is 0 Å². The van der Waals surface area contributed by atoms with Gasteiger partial charge in [0.25, 0.3) is 0 Å². The average Bonchev–Trinajstić information content (AvgIpc) is 2.89. The molecule has 4 fully saturated rings. The molecule has 22 heavy (non-hydrogen) atoms. The Balaban J connectivity index is 1.25. The Hall–Kier alpha value is -1.10. The van der Waals surface area contributed by atoms with E-state index in [-0.39, 0.29) is 24.0 Å². The van der Waals surface area contributed by atoms with Gasteiger partial charge >= 0.3 is 0 Å². The molecule has 1 saturated carbocycles. The summed E-state index contributed by atoms with van der Waals surface area (Å²) in [6.07, 6.45) is 4.95. The number of likely N-dealkylation sites (tertiary alicyclic amines) is 2. The standard InChI is InChI=1S/C17H26N2O3/c1-11-5-12(6-11)17(21)19-9-13-7-14(22-15(13)10-19)8-16(20)18-3-2-4-18/h11-15H,2-10H2,1H3/t11?,12?,13-,14-,15+/m0/s1. The molecule has 4 aliphatic rings. The normalized spacial score (nSPS) is 40.1. The molecule has 3 heterocycles. The summed E-state index contributed by atoms with van der Waals surface area (Å²) in [6, 6.07) is 0. The Morgan fingerprint density at radius 2 is 1.86 bits per heavy atom. The van der Waals surface area contributed by atoms with Crippen molar-refractivity contribution in [1.29, 1.82) is 0 Å². The second kappa shape index (κ2) is 5.52. The highest BCUT2D eigenvalue weighted by molar-refractivity contribution is 5.80. The predicted molar refractivity (Wildman–Crippen MR) is 81.1 cm³/mol. The second-order valence-corrected chi connectivity index (χ2v) is 7.75. The third kappa shape index (κ3) is 2.53. The van der Waals surface area contributed by atoms with Crippen LogP contribution in [0.2, 0.25) is 0 Å². The molecular weight excluding hydrogens is 280 g/mol. The van der Waals surface area contributed by atoms with E-state index in [1.165, 1.54) is 0 Å². The van der Waals surface area contributed by atoms with Crippen molar-refractivity contribution in [3.63, 3.8) is 0 Å². The molecule has 0 bridgehead atoms. The van der Waals surface area contributed by atoms with E-state index in [1.54, 1.807) is 0 Å². The molecule has 0 aromatic rings. The molecular formula is C17H26N2O3. The van der Waals surface area contributed by atoms with E-state index in [2.05, 4.69) is 6.92 Å². The minimum absolute atomic E-state index is 0.0732. The topological polar surface area (TPSA) is 49.9 Å². The van der Waals surface area contributed by atoms with Crippen LogP contribution in [0.4, 0.5) is 0 Å². The average molecular weight is 306 g/mol. The van der Waals surface area contributed by atoms with Crippen LogP contribution in [-0.2, 0) is 14.3 Å². The van der Waals surface area contributed by atoms with Crippen LogP contribution in [0, 0.1) is 17.8 Å². The maximum absolute atomic E-state index is 12.4. The van der Waals surface area contributed by atoms with Gasteiger partial charge in [-0.25, -0.2) is 0 Å².